The second-order valence-corrected chi connectivity index (χ2v) is 7.71. The van der Waals surface area contributed by atoms with Crippen molar-refractivity contribution in [3.05, 3.63) is 30.0 Å². The lowest BCUT2D eigenvalue weighted by Crippen LogP contribution is -2.40. The van der Waals surface area contributed by atoms with Crippen LogP contribution >= 0.6 is 0 Å². The summed E-state index contributed by atoms with van der Waals surface area (Å²) in [6.07, 6.45) is 2.59. The quantitative estimate of drug-likeness (QED) is 0.721. The van der Waals surface area contributed by atoms with Crippen molar-refractivity contribution < 1.29 is 13.2 Å². The molecule has 1 aromatic carbocycles. The Balaban J connectivity index is 1.77. The van der Waals surface area contributed by atoms with Crippen LogP contribution in [0, 0.1) is 0 Å². The molecule has 0 bridgehead atoms. The highest BCUT2D eigenvalue weighted by atomic mass is 32.2. The normalized spacial score (nSPS) is 18.7. The van der Waals surface area contributed by atoms with Gasteiger partial charge in [0.1, 0.15) is 9.84 Å². The zero-order valence-electron chi connectivity index (χ0n) is 11.4. The first-order chi connectivity index (χ1) is 9.94. The summed E-state index contributed by atoms with van der Waals surface area (Å²) in [5.74, 6) is 0.0773. The van der Waals surface area contributed by atoms with Gasteiger partial charge in [-0.1, -0.05) is 0 Å². The van der Waals surface area contributed by atoms with Crippen molar-refractivity contribution in [3.63, 3.8) is 0 Å². The maximum Gasteiger partial charge on any atom is 0.253 e. The van der Waals surface area contributed by atoms with E-state index in [0.29, 0.717) is 24.1 Å². The van der Waals surface area contributed by atoms with E-state index in [1.54, 1.807) is 18.3 Å². The first-order valence-corrected chi connectivity index (χ1v) is 8.65. The summed E-state index contributed by atoms with van der Waals surface area (Å²) in [4.78, 5) is 15.4. The van der Waals surface area contributed by atoms with Gasteiger partial charge in [0.05, 0.1) is 17.1 Å². The van der Waals surface area contributed by atoms with Crippen molar-refractivity contribution >= 4 is 32.3 Å². The summed E-state index contributed by atoms with van der Waals surface area (Å²) in [5, 5.41) is 3.68. The van der Waals surface area contributed by atoms with Crippen LogP contribution in [0.2, 0.25) is 0 Å². The first-order valence-electron chi connectivity index (χ1n) is 6.82. The van der Waals surface area contributed by atoms with Crippen LogP contribution in [0.4, 0.5) is 5.69 Å². The van der Waals surface area contributed by atoms with Crippen LogP contribution in [-0.4, -0.2) is 36.9 Å². The highest BCUT2D eigenvalue weighted by molar-refractivity contribution is 7.91. The summed E-state index contributed by atoms with van der Waals surface area (Å²) >= 11 is 0. The molecule has 1 aliphatic rings. The van der Waals surface area contributed by atoms with Crippen LogP contribution in [-0.2, 0) is 9.84 Å². The number of nitrogen functional groups attached to an aromatic ring is 1. The van der Waals surface area contributed by atoms with Gasteiger partial charge in [-0.3, -0.25) is 4.79 Å². The Morgan fingerprint density at radius 1 is 1.29 bits per heavy atom. The fraction of sp³-hybridized carbons (Fsp3) is 0.357. The lowest BCUT2D eigenvalue weighted by molar-refractivity contribution is 0.0936. The second kappa shape index (κ2) is 5.07. The highest BCUT2D eigenvalue weighted by Gasteiger charge is 2.25. The summed E-state index contributed by atoms with van der Waals surface area (Å²) in [5.41, 5.74) is 7.73. The van der Waals surface area contributed by atoms with Gasteiger partial charge >= 0.3 is 0 Å². The number of fused-ring (bicyclic) bond motifs is 1. The average Bonchev–Trinajstić information content (AvgIpc) is 2.84. The fourth-order valence-electron chi connectivity index (χ4n) is 2.62. The molecule has 2 aromatic rings. The van der Waals surface area contributed by atoms with Gasteiger partial charge in [-0.05, 0) is 31.0 Å². The number of nitrogens with one attached hydrogen (secondary N) is 2. The number of sulfone groups is 1. The molecule has 6 nitrogen and oxygen atoms in total. The monoisotopic (exact) mass is 307 g/mol. The number of carbonyl (C=O) groups is 1. The van der Waals surface area contributed by atoms with Gasteiger partial charge in [-0.2, -0.15) is 0 Å². The van der Waals surface area contributed by atoms with E-state index in [9.17, 15) is 13.2 Å². The number of H-pyrrole nitrogens is 1. The molecule has 0 aliphatic carbocycles. The molecule has 1 aromatic heterocycles. The van der Waals surface area contributed by atoms with Crippen LogP contribution < -0.4 is 11.1 Å². The van der Waals surface area contributed by atoms with Crippen LogP contribution in [0.15, 0.2) is 24.4 Å². The number of aromatic nitrogens is 1. The molecule has 1 aliphatic heterocycles. The largest absolute Gasteiger partial charge is 0.399 e. The van der Waals surface area contributed by atoms with E-state index >= 15 is 0 Å². The van der Waals surface area contributed by atoms with Gasteiger partial charge < -0.3 is 16.0 Å². The predicted molar refractivity (Wildman–Crippen MR) is 81.9 cm³/mol. The second-order valence-electron chi connectivity index (χ2n) is 5.41. The van der Waals surface area contributed by atoms with Gasteiger partial charge in [0.15, 0.2) is 0 Å². The van der Waals surface area contributed by atoms with Crippen molar-refractivity contribution in [1.82, 2.24) is 10.3 Å². The minimum absolute atomic E-state index is 0.0907. The SMILES string of the molecule is Nc1ccc2[nH]cc(C(=O)NC3CCS(=O)(=O)CC3)c2c1. The van der Waals surface area contributed by atoms with E-state index in [1.807, 2.05) is 6.07 Å². The zero-order chi connectivity index (χ0) is 15.0. The lowest BCUT2D eigenvalue weighted by atomic mass is 10.1. The number of rotatable bonds is 2. The molecule has 2 heterocycles. The van der Waals surface area contributed by atoms with E-state index in [2.05, 4.69) is 10.3 Å². The molecular weight excluding hydrogens is 290 g/mol. The molecule has 0 unspecified atom stereocenters. The smallest absolute Gasteiger partial charge is 0.253 e. The third kappa shape index (κ3) is 2.87. The Kier molecular flexibility index (Phi) is 3.36. The van der Waals surface area contributed by atoms with Crippen molar-refractivity contribution in [2.75, 3.05) is 17.2 Å². The molecule has 1 fully saturated rings. The minimum Gasteiger partial charge on any atom is -0.399 e. The number of aromatic amines is 1. The molecule has 7 heteroatoms. The zero-order valence-corrected chi connectivity index (χ0v) is 12.2. The summed E-state index contributed by atoms with van der Waals surface area (Å²) in [6, 6.07) is 5.26. The van der Waals surface area contributed by atoms with Crippen LogP contribution in [0.1, 0.15) is 23.2 Å². The minimum atomic E-state index is -2.92. The number of anilines is 1. The summed E-state index contributed by atoms with van der Waals surface area (Å²) in [7, 11) is -2.92. The van der Waals surface area contributed by atoms with Gasteiger partial charge in [0.25, 0.3) is 5.91 Å². The molecule has 21 heavy (non-hydrogen) atoms. The standard InChI is InChI=1S/C14H17N3O3S/c15-9-1-2-13-11(7-9)12(8-16-13)14(18)17-10-3-5-21(19,20)6-4-10/h1-2,7-8,10,16H,3-6,15H2,(H,17,18). The van der Waals surface area contributed by atoms with Gasteiger partial charge in [-0.25, -0.2) is 8.42 Å². The fourth-order valence-corrected chi connectivity index (χ4v) is 4.12. The molecule has 0 radical (unpaired) electrons. The number of nitrogens with two attached hydrogens (primary N) is 1. The third-order valence-corrected chi connectivity index (χ3v) is 5.56. The summed E-state index contributed by atoms with van der Waals surface area (Å²) < 4.78 is 22.8. The molecular formula is C14H17N3O3S. The number of amides is 1. The summed E-state index contributed by atoms with van der Waals surface area (Å²) in [6.45, 7) is 0. The predicted octanol–water partition coefficient (Wildman–Crippen LogP) is 1.06. The third-order valence-electron chi connectivity index (χ3n) is 3.84. The molecule has 112 valence electrons. The maximum absolute atomic E-state index is 12.3. The van der Waals surface area contributed by atoms with Crippen LogP contribution in [0.5, 0.6) is 0 Å². The molecule has 3 rings (SSSR count). The molecule has 1 amide bonds. The maximum atomic E-state index is 12.3. The average molecular weight is 307 g/mol. The van der Waals surface area contributed by atoms with Crippen molar-refractivity contribution in [2.45, 2.75) is 18.9 Å². The van der Waals surface area contributed by atoms with E-state index in [0.717, 1.165) is 10.9 Å². The van der Waals surface area contributed by atoms with Crippen molar-refractivity contribution in [2.24, 2.45) is 0 Å². The number of carbonyl (C=O) groups excluding carboxylic acids is 1. The number of benzene rings is 1. The van der Waals surface area contributed by atoms with E-state index in [-0.39, 0.29) is 23.5 Å². The Bertz CT molecular complexity index is 781. The van der Waals surface area contributed by atoms with E-state index in [1.165, 1.54) is 0 Å². The van der Waals surface area contributed by atoms with Crippen molar-refractivity contribution in [3.8, 4) is 0 Å². The molecule has 1 saturated heterocycles. The Labute approximate surface area is 122 Å². The Morgan fingerprint density at radius 2 is 2.00 bits per heavy atom. The van der Waals surface area contributed by atoms with Gasteiger partial charge in [-0.15, -0.1) is 0 Å². The van der Waals surface area contributed by atoms with Gasteiger partial charge in [0.2, 0.25) is 0 Å². The molecule has 0 spiro atoms. The highest BCUT2D eigenvalue weighted by Crippen LogP contribution is 2.21. The number of hydrogen-bond acceptors (Lipinski definition) is 4. The molecule has 4 N–H and O–H groups in total. The van der Waals surface area contributed by atoms with Crippen LogP contribution in [0.3, 0.4) is 0 Å². The van der Waals surface area contributed by atoms with Crippen LogP contribution in [0.25, 0.3) is 10.9 Å². The van der Waals surface area contributed by atoms with Gasteiger partial charge in [0, 0.05) is 28.8 Å². The van der Waals surface area contributed by atoms with Crippen molar-refractivity contribution in [1.29, 1.82) is 0 Å². The van der Waals surface area contributed by atoms with E-state index < -0.39 is 9.84 Å². The Hall–Kier alpha value is -2.02. The molecule has 0 saturated carbocycles. The Morgan fingerprint density at radius 3 is 2.71 bits per heavy atom. The lowest BCUT2D eigenvalue weighted by Gasteiger charge is -2.22. The number of hydrogen-bond donors (Lipinski definition) is 3. The molecule has 0 atom stereocenters. The first kappa shape index (κ1) is 13.9. The topological polar surface area (TPSA) is 105 Å². The van der Waals surface area contributed by atoms with E-state index in [4.69, 9.17) is 5.73 Å².